The van der Waals surface area contributed by atoms with Gasteiger partial charge in [-0.1, -0.05) is 18.2 Å². The van der Waals surface area contributed by atoms with E-state index in [0.717, 1.165) is 0 Å². The van der Waals surface area contributed by atoms with Gasteiger partial charge in [-0.05, 0) is 13.0 Å². The van der Waals surface area contributed by atoms with E-state index in [1.807, 2.05) is 0 Å². The van der Waals surface area contributed by atoms with E-state index in [-0.39, 0.29) is 12.2 Å². The van der Waals surface area contributed by atoms with E-state index in [4.69, 9.17) is 4.74 Å². The molecule has 5 nitrogen and oxygen atoms in total. The highest BCUT2D eigenvalue weighted by Gasteiger charge is 2.15. The number of aromatic amines is 1. The van der Waals surface area contributed by atoms with E-state index in [9.17, 15) is 9.59 Å². The Morgan fingerprint density at radius 2 is 2.11 bits per heavy atom. The predicted octanol–water partition coefficient (Wildman–Crippen LogP) is 1.61. The Morgan fingerprint density at radius 3 is 2.83 bits per heavy atom. The highest BCUT2D eigenvalue weighted by atomic mass is 16.5. The van der Waals surface area contributed by atoms with Gasteiger partial charge in [0, 0.05) is 11.8 Å². The van der Waals surface area contributed by atoms with Crippen molar-refractivity contribution in [3.63, 3.8) is 0 Å². The third-order valence-corrected chi connectivity index (χ3v) is 2.43. The molecule has 0 saturated heterocycles. The van der Waals surface area contributed by atoms with Gasteiger partial charge in [-0.15, -0.1) is 0 Å². The summed E-state index contributed by atoms with van der Waals surface area (Å²) in [5.74, 6) is -0.448. The summed E-state index contributed by atoms with van der Waals surface area (Å²) < 4.78 is 4.96. The summed E-state index contributed by atoms with van der Waals surface area (Å²) in [6.45, 7) is 2.02. The average Bonchev–Trinajstić information content (AvgIpc) is 2.40. The third kappa shape index (κ3) is 2.29. The number of aromatic nitrogens is 2. The molecule has 0 saturated carbocycles. The van der Waals surface area contributed by atoms with Crippen molar-refractivity contribution < 1.29 is 9.53 Å². The quantitative estimate of drug-likeness (QED) is 0.832. The van der Waals surface area contributed by atoms with Gasteiger partial charge < -0.3 is 9.72 Å². The van der Waals surface area contributed by atoms with Crippen molar-refractivity contribution >= 4 is 5.97 Å². The summed E-state index contributed by atoms with van der Waals surface area (Å²) >= 11 is 0. The lowest BCUT2D eigenvalue weighted by molar-refractivity contribution is 0.0527. The minimum Gasteiger partial charge on any atom is -0.462 e. The predicted molar refractivity (Wildman–Crippen MR) is 66.3 cm³/mol. The van der Waals surface area contributed by atoms with Crippen LogP contribution in [-0.2, 0) is 4.74 Å². The SMILES string of the molecule is CCOC(=O)c1ccccc1-c1cnc[nH]c1=O. The second-order valence-corrected chi connectivity index (χ2v) is 3.56. The maximum Gasteiger partial charge on any atom is 0.338 e. The number of ether oxygens (including phenoxy) is 1. The highest BCUT2D eigenvalue weighted by Crippen LogP contribution is 2.20. The fraction of sp³-hybridized carbons (Fsp3) is 0.154. The van der Waals surface area contributed by atoms with Crippen LogP contribution in [0.1, 0.15) is 17.3 Å². The van der Waals surface area contributed by atoms with Crippen molar-refractivity contribution in [1.29, 1.82) is 0 Å². The number of benzene rings is 1. The van der Waals surface area contributed by atoms with Crippen LogP contribution in [0.2, 0.25) is 0 Å². The Balaban J connectivity index is 2.55. The number of esters is 1. The molecule has 0 amide bonds. The smallest absolute Gasteiger partial charge is 0.338 e. The van der Waals surface area contributed by atoms with Crippen LogP contribution in [0.4, 0.5) is 0 Å². The van der Waals surface area contributed by atoms with Gasteiger partial charge >= 0.3 is 5.97 Å². The second-order valence-electron chi connectivity index (χ2n) is 3.56. The molecular formula is C13H12N2O3. The first-order chi connectivity index (χ1) is 8.74. The number of hydrogen-bond donors (Lipinski definition) is 1. The molecule has 0 bridgehead atoms. The molecule has 0 unspecified atom stereocenters. The van der Waals surface area contributed by atoms with Crippen molar-refractivity contribution in [3.05, 3.63) is 52.7 Å². The lowest BCUT2D eigenvalue weighted by Crippen LogP contribution is -2.12. The largest absolute Gasteiger partial charge is 0.462 e. The second kappa shape index (κ2) is 5.27. The van der Waals surface area contributed by atoms with Crippen LogP contribution in [0.3, 0.4) is 0 Å². The normalized spacial score (nSPS) is 10.1. The Hall–Kier alpha value is -2.43. The van der Waals surface area contributed by atoms with Gasteiger partial charge in [0.05, 0.1) is 24.1 Å². The molecular weight excluding hydrogens is 232 g/mol. The Bertz CT molecular complexity index is 619. The molecule has 0 radical (unpaired) electrons. The molecule has 0 aliphatic rings. The van der Waals surface area contributed by atoms with Gasteiger partial charge in [0.25, 0.3) is 5.56 Å². The Kier molecular flexibility index (Phi) is 3.52. The molecule has 0 aliphatic carbocycles. The maximum absolute atomic E-state index is 11.8. The molecule has 5 heteroatoms. The number of carbonyl (C=O) groups is 1. The molecule has 2 aromatic rings. The Labute approximate surface area is 103 Å². The summed E-state index contributed by atoms with van der Waals surface area (Å²) in [4.78, 5) is 29.8. The molecule has 1 aromatic carbocycles. The zero-order valence-electron chi connectivity index (χ0n) is 9.84. The van der Waals surface area contributed by atoms with E-state index in [2.05, 4.69) is 9.97 Å². The van der Waals surface area contributed by atoms with E-state index >= 15 is 0 Å². The molecule has 0 spiro atoms. The topological polar surface area (TPSA) is 72.0 Å². The van der Waals surface area contributed by atoms with Crippen molar-refractivity contribution in [2.45, 2.75) is 6.92 Å². The third-order valence-electron chi connectivity index (χ3n) is 2.43. The van der Waals surface area contributed by atoms with Crippen LogP contribution < -0.4 is 5.56 Å². The van der Waals surface area contributed by atoms with Gasteiger partial charge in [-0.25, -0.2) is 9.78 Å². The molecule has 2 rings (SSSR count). The molecule has 18 heavy (non-hydrogen) atoms. The van der Waals surface area contributed by atoms with Gasteiger partial charge in [0.15, 0.2) is 0 Å². The average molecular weight is 244 g/mol. The minimum atomic E-state index is -0.448. The monoisotopic (exact) mass is 244 g/mol. The van der Waals surface area contributed by atoms with Crippen LogP contribution in [0.15, 0.2) is 41.6 Å². The van der Waals surface area contributed by atoms with Crippen molar-refractivity contribution in [1.82, 2.24) is 9.97 Å². The first-order valence-electron chi connectivity index (χ1n) is 5.53. The molecule has 0 atom stereocenters. The van der Waals surface area contributed by atoms with Crippen LogP contribution in [0.25, 0.3) is 11.1 Å². The summed E-state index contributed by atoms with van der Waals surface area (Å²) in [6, 6.07) is 6.79. The highest BCUT2D eigenvalue weighted by molar-refractivity contribution is 5.97. The lowest BCUT2D eigenvalue weighted by atomic mass is 10.0. The summed E-state index contributed by atoms with van der Waals surface area (Å²) in [7, 11) is 0. The van der Waals surface area contributed by atoms with Crippen LogP contribution >= 0.6 is 0 Å². The molecule has 0 fully saturated rings. The number of rotatable bonds is 3. The van der Waals surface area contributed by atoms with Gasteiger partial charge in [-0.2, -0.15) is 0 Å². The van der Waals surface area contributed by atoms with Crippen molar-refractivity contribution in [2.75, 3.05) is 6.61 Å². The van der Waals surface area contributed by atoms with E-state index in [1.54, 1.807) is 31.2 Å². The zero-order valence-corrected chi connectivity index (χ0v) is 9.84. The van der Waals surface area contributed by atoms with E-state index < -0.39 is 5.97 Å². The van der Waals surface area contributed by atoms with Gasteiger partial charge in [0.2, 0.25) is 0 Å². The number of nitrogens with one attached hydrogen (secondary N) is 1. The van der Waals surface area contributed by atoms with E-state index in [0.29, 0.717) is 16.7 Å². The summed E-state index contributed by atoms with van der Waals surface area (Å²) in [5, 5.41) is 0. The molecule has 92 valence electrons. The minimum absolute atomic E-state index is 0.288. The standard InChI is InChI=1S/C13H12N2O3/c1-2-18-13(17)10-6-4-3-5-9(10)11-7-14-8-15-12(11)16/h3-8H,2H2,1H3,(H,14,15,16). The van der Waals surface area contributed by atoms with Crippen LogP contribution in [0, 0.1) is 0 Å². The number of hydrogen-bond acceptors (Lipinski definition) is 4. The first kappa shape index (κ1) is 12.0. The molecule has 1 aromatic heterocycles. The van der Waals surface area contributed by atoms with Gasteiger partial charge in [0.1, 0.15) is 0 Å². The Morgan fingerprint density at radius 1 is 1.33 bits per heavy atom. The van der Waals surface area contributed by atoms with Crippen molar-refractivity contribution in [2.24, 2.45) is 0 Å². The fourth-order valence-electron chi connectivity index (χ4n) is 1.64. The number of H-pyrrole nitrogens is 1. The number of nitrogens with zero attached hydrogens (tertiary/aromatic N) is 1. The zero-order chi connectivity index (χ0) is 13.0. The summed E-state index contributed by atoms with van der Waals surface area (Å²) in [6.07, 6.45) is 2.73. The first-order valence-corrected chi connectivity index (χ1v) is 5.53. The molecule has 1 heterocycles. The van der Waals surface area contributed by atoms with Crippen molar-refractivity contribution in [3.8, 4) is 11.1 Å². The molecule has 1 N–H and O–H groups in total. The van der Waals surface area contributed by atoms with E-state index in [1.165, 1.54) is 12.5 Å². The maximum atomic E-state index is 11.8. The number of carbonyl (C=O) groups excluding carboxylic acids is 1. The summed E-state index contributed by atoms with van der Waals surface area (Å²) in [5.41, 5.74) is 0.936. The van der Waals surface area contributed by atoms with Crippen LogP contribution in [0.5, 0.6) is 0 Å². The van der Waals surface area contributed by atoms with Crippen LogP contribution in [-0.4, -0.2) is 22.5 Å². The van der Waals surface area contributed by atoms with Gasteiger partial charge in [-0.3, -0.25) is 4.79 Å². The fourth-order valence-corrected chi connectivity index (χ4v) is 1.64. The molecule has 0 aliphatic heterocycles. The lowest BCUT2D eigenvalue weighted by Gasteiger charge is -2.07.